The lowest BCUT2D eigenvalue weighted by molar-refractivity contribution is -0.119. The van der Waals surface area contributed by atoms with Crippen molar-refractivity contribution in [1.29, 1.82) is 0 Å². The van der Waals surface area contributed by atoms with E-state index < -0.39 is 42.1 Å². The minimum absolute atomic E-state index is 0.00700. The Bertz CT molecular complexity index is 1890. The summed E-state index contributed by atoms with van der Waals surface area (Å²) in [6.45, 7) is 3.09. The molecule has 0 saturated heterocycles. The number of carbonyl (C=O) groups is 1. The third kappa shape index (κ3) is 6.17. The molecule has 3 aromatic carbocycles. The molecule has 1 amide bonds. The molecular formula is C29H29FN4O7S2. The normalized spacial score (nSPS) is 16.9. The quantitative estimate of drug-likeness (QED) is 0.306. The second-order valence-corrected chi connectivity index (χ2v) is 15.3. The van der Waals surface area contributed by atoms with E-state index in [1.165, 1.54) is 49.1 Å². The maximum atomic E-state index is 13.4. The van der Waals surface area contributed by atoms with Crippen LogP contribution < -0.4 is 15.4 Å². The summed E-state index contributed by atoms with van der Waals surface area (Å²) < 4.78 is 74.0. The Hall–Kier alpha value is -4.14. The molecule has 1 aromatic heterocycles. The number of hydrogen-bond donors (Lipinski definition) is 1. The van der Waals surface area contributed by atoms with Crippen molar-refractivity contribution in [2.75, 3.05) is 16.9 Å². The van der Waals surface area contributed by atoms with Crippen molar-refractivity contribution in [2.45, 2.75) is 42.7 Å². The molecule has 2 heterocycles. The fraction of sp³-hybridized carbons (Fsp3) is 0.276. The highest BCUT2D eigenvalue weighted by Crippen LogP contribution is 2.36. The Morgan fingerprint density at radius 3 is 2.35 bits per heavy atom. The van der Waals surface area contributed by atoms with Gasteiger partial charge in [-0.3, -0.25) is 4.79 Å². The summed E-state index contributed by atoms with van der Waals surface area (Å²) in [7, 11) is -7.55. The van der Waals surface area contributed by atoms with E-state index in [-0.39, 0.29) is 46.9 Å². The monoisotopic (exact) mass is 628 g/mol. The lowest BCUT2D eigenvalue weighted by Gasteiger charge is -2.24. The molecule has 0 fully saturated rings. The van der Waals surface area contributed by atoms with E-state index >= 15 is 0 Å². The van der Waals surface area contributed by atoms with Gasteiger partial charge < -0.3 is 19.8 Å². The number of anilines is 1. The van der Waals surface area contributed by atoms with E-state index in [9.17, 15) is 26.0 Å². The Morgan fingerprint density at radius 2 is 1.70 bits per heavy atom. The first-order valence-electron chi connectivity index (χ1n) is 13.1. The number of rotatable bonds is 8. The van der Waals surface area contributed by atoms with Crippen LogP contribution in [0, 0.1) is 5.82 Å². The van der Waals surface area contributed by atoms with Gasteiger partial charge in [0, 0.05) is 11.8 Å². The third-order valence-corrected chi connectivity index (χ3v) is 11.1. The lowest BCUT2D eigenvalue weighted by Crippen LogP contribution is -2.45. The van der Waals surface area contributed by atoms with Gasteiger partial charge in [-0.2, -0.15) is 0 Å². The zero-order valence-corrected chi connectivity index (χ0v) is 25.2. The van der Waals surface area contributed by atoms with Gasteiger partial charge in [0.2, 0.25) is 17.7 Å². The molecule has 5 rings (SSSR count). The molecule has 14 heteroatoms. The van der Waals surface area contributed by atoms with Crippen LogP contribution >= 0.6 is 0 Å². The number of hydrogen-bond acceptors (Lipinski definition) is 10. The minimum atomic E-state index is -3.94. The van der Waals surface area contributed by atoms with Gasteiger partial charge in [0.15, 0.2) is 19.7 Å². The lowest BCUT2D eigenvalue weighted by atomic mass is 10.1. The Kier molecular flexibility index (Phi) is 7.88. The number of nitrogens with two attached hydrogens (primary N) is 1. The predicted octanol–water partition coefficient (Wildman–Crippen LogP) is 3.38. The average Bonchev–Trinajstić information content (AvgIpc) is 3.44. The minimum Gasteiger partial charge on any atom is -0.489 e. The number of fused-ring (bicyclic) bond motifs is 1. The van der Waals surface area contributed by atoms with Gasteiger partial charge in [-0.1, -0.05) is 24.3 Å². The standard InChI is InChI=1S/C29H29FN4O7S2/c1-29(2,42(3,36)37)28-33-32-26(41-28)20-8-13-25-24(14-20)34(27(35)23(31)17-43(25,38)39)15-18-6-11-22(12-7-18)40-16-19-4-9-21(30)10-5-19/h4-14,23H,15-17,31H2,1-3H3/t23-/m0/s1. The summed E-state index contributed by atoms with van der Waals surface area (Å²) in [4.78, 5) is 14.6. The maximum Gasteiger partial charge on any atom is 0.247 e. The van der Waals surface area contributed by atoms with E-state index in [1.807, 2.05) is 0 Å². The van der Waals surface area contributed by atoms with Crippen molar-refractivity contribution < 1.29 is 35.2 Å². The summed E-state index contributed by atoms with van der Waals surface area (Å²) in [5, 5.41) is 7.89. The second kappa shape index (κ2) is 11.2. The first-order valence-corrected chi connectivity index (χ1v) is 16.6. The van der Waals surface area contributed by atoms with Gasteiger partial charge in [0.05, 0.1) is 28.9 Å². The van der Waals surface area contributed by atoms with Crippen molar-refractivity contribution in [3.63, 3.8) is 0 Å². The van der Waals surface area contributed by atoms with Gasteiger partial charge in [-0.15, -0.1) is 10.2 Å². The van der Waals surface area contributed by atoms with E-state index in [4.69, 9.17) is 14.9 Å². The van der Waals surface area contributed by atoms with Gasteiger partial charge in [-0.05, 0) is 67.4 Å². The van der Waals surface area contributed by atoms with Crippen LogP contribution in [0.1, 0.15) is 30.9 Å². The molecule has 2 N–H and O–H groups in total. The van der Waals surface area contributed by atoms with E-state index in [1.54, 1.807) is 36.4 Å². The van der Waals surface area contributed by atoms with Gasteiger partial charge >= 0.3 is 0 Å². The first kappa shape index (κ1) is 30.3. The van der Waals surface area contributed by atoms with Crippen LogP contribution in [0.4, 0.5) is 10.1 Å². The molecule has 1 atom stereocenters. The molecule has 226 valence electrons. The summed E-state index contributed by atoms with van der Waals surface area (Å²) in [5.41, 5.74) is 7.86. The van der Waals surface area contributed by atoms with Crippen LogP contribution in [0.25, 0.3) is 11.5 Å². The smallest absolute Gasteiger partial charge is 0.247 e. The largest absolute Gasteiger partial charge is 0.489 e. The van der Waals surface area contributed by atoms with E-state index in [0.29, 0.717) is 11.3 Å². The number of aromatic nitrogens is 2. The summed E-state index contributed by atoms with van der Waals surface area (Å²) in [6, 6.07) is 15.8. The van der Waals surface area contributed by atoms with Crippen LogP contribution in [0.2, 0.25) is 0 Å². The van der Waals surface area contributed by atoms with Crippen molar-refractivity contribution in [3.8, 4) is 17.2 Å². The first-order chi connectivity index (χ1) is 20.2. The van der Waals surface area contributed by atoms with Gasteiger partial charge in [0.25, 0.3) is 0 Å². The Labute approximate surface area is 248 Å². The van der Waals surface area contributed by atoms with Gasteiger partial charge in [-0.25, -0.2) is 21.2 Å². The van der Waals surface area contributed by atoms with Crippen LogP contribution in [-0.2, 0) is 42.4 Å². The topological polar surface area (TPSA) is 163 Å². The number of ether oxygens (including phenoxy) is 1. The Balaban J connectivity index is 1.46. The van der Waals surface area contributed by atoms with Crippen molar-refractivity contribution in [2.24, 2.45) is 5.73 Å². The van der Waals surface area contributed by atoms with Crippen molar-refractivity contribution >= 4 is 31.3 Å². The molecule has 0 bridgehead atoms. The van der Waals surface area contributed by atoms with Crippen molar-refractivity contribution in [3.05, 3.63) is 89.6 Å². The molecule has 0 saturated carbocycles. The molecule has 0 unspecified atom stereocenters. The molecule has 1 aliphatic heterocycles. The average molecular weight is 629 g/mol. The number of carbonyl (C=O) groups excluding carboxylic acids is 1. The highest BCUT2D eigenvalue weighted by Gasteiger charge is 2.39. The van der Waals surface area contributed by atoms with Crippen LogP contribution in [0.5, 0.6) is 5.75 Å². The molecule has 4 aromatic rings. The SMILES string of the molecule is CC(C)(c1nnc(-c2ccc3c(c2)N(Cc2ccc(OCc4ccc(F)cc4)cc2)C(=O)[C@@H](N)CS3(=O)=O)o1)S(C)(=O)=O. The van der Waals surface area contributed by atoms with Crippen molar-refractivity contribution in [1.82, 2.24) is 10.2 Å². The molecule has 0 aliphatic carbocycles. The van der Waals surface area contributed by atoms with E-state index in [2.05, 4.69) is 10.2 Å². The highest BCUT2D eigenvalue weighted by molar-refractivity contribution is 7.92. The number of halogens is 1. The fourth-order valence-electron chi connectivity index (χ4n) is 4.37. The maximum absolute atomic E-state index is 13.4. The predicted molar refractivity (Wildman–Crippen MR) is 156 cm³/mol. The molecule has 1 aliphatic rings. The number of amides is 1. The van der Waals surface area contributed by atoms with Crippen LogP contribution in [0.3, 0.4) is 0 Å². The highest BCUT2D eigenvalue weighted by atomic mass is 32.2. The van der Waals surface area contributed by atoms with E-state index in [0.717, 1.165) is 11.8 Å². The zero-order valence-electron chi connectivity index (χ0n) is 23.5. The second-order valence-electron chi connectivity index (χ2n) is 10.7. The summed E-state index contributed by atoms with van der Waals surface area (Å²) >= 11 is 0. The summed E-state index contributed by atoms with van der Waals surface area (Å²) in [6.07, 6.45) is 1.06. The number of sulfone groups is 2. The third-order valence-electron chi connectivity index (χ3n) is 7.26. The summed E-state index contributed by atoms with van der Waals surface area (Å²) in [5.74, 6) is -1.14. The number of benzene rings is 3. The number of nitrogens with zero attached hydrogens (tertiary/aromatic N) is 3. The fourth-order valence-corrected chi connectivity index (χ4v) is 6.32. The zero-order chi connectivity index (χ0) is 31.2. The molecular weight excluding hydrogens is 599 g/mol. The molecule has 11 nitrogen and oxygen atoms in total. The van der Waals surface area contributed by atoms with Crippen LogP contribution in [-0.4, -0.2) is 51.0 Å². The molecule has 0 radical (unpaired) electrons. The van der Waals surface area contributed by atoms with Crippen LogP contribution in [0.15, 0.2) is 76.0 Å². The molecule has 43 heavy (non-hydrogen) atoms. The molecule has 0 spiro atoms. The van der Waals surface area contributed by atoms with Gasteiger partial charge in [0.1, 0.15) is 22.9 Å². The Morgan fingerprint density at radius 1 is 1.05 bits per heavy atom.